The second-order valence-corrected chi connectivity index (χ2v) is 11.0. The number of fused-ring (bicyclic) bond motifs is 3. The molecule has 1 saturated carbocycles. The number of pyridine rings is 1. The highest BCUT2D eigenvalue weighted by atomic mass is 32.2. The summed E-state index contributed by atoms with van der Waals surface area (Å²) in [6.45, 7) is 1.45. The van der Waals surface area contributed by atoms with Gasteiger partial charge in [0.05, 0.1) is 17.0 Å². The first-order chi connectivity index (χ1) is 16.3. The highest BCUT2D eigenvalue weighted by molar-refractivity contribution is 7.89. The smallest absolute Gasteiger partial charge is 0.269 e. The lowest BCUT2D eigenvalue weighted by Gasteiger charge is -2.30. The van der Waals surface area contributed by atoms with Gasteiger partial charge in [0.1, 0.15) is 0 Å². The van der Waals surface area contributed by atoms with Crippen LogP contribution in [-0.4, -0.2) is 71.7 Å². The van der Waals surface area contributed by atoms with E-state index in [4.69, 9.17) is 10.5 Å². The minimum atomic E-state index is -3.74. The Hall–Kier alpha value is -2.73. The molecule has 10 nitrogen and oxygen atoms in total. The molecule has 1 aliphatic carbocycles. The predicted molar refractivity (Wildman–Crippen MR) is 126 cm³/mol. The van der Waals surface area contributed by atoms with Gasteiger partial charge in [-0.05, 0) is 37.0 Å². The maximum absolute atomic E-state index is 13.2. The molecule has 0 bridgehead atoms. The maximum atomic E-state index is 13.2. The molecule has 1 saturated heterocycles. The number of aromatic amines is 1. The van der Waals surface area contributed by atoms with Gasteiger partial charge < -0.3 is 20.7 Å². The van der Waals surface area contributed by atoms with Crippen molar-refractivity contribution < 1.29 is 23.2 Å². The summed E-state index contributed by atoms with van der Waals surface area (Å²) in [5.74, 6) is 0.0804. The van der Waals surface area contributed by atoms with Crippen molar-refractivity contribution in [3.05, 3.63) is 30.0 Å². The van der Waals surface area contributed by atoms with Crippen LogP contribution in [0, 0.1) is 5.92 Å². The molecular weight excluding hydrogens is 458 g/mol. The van der Waals surface area contributed by atoms with Gasteiger partial charge in [-0.25, -0.2) is 13.4 Å². The van der Waals surface area contributed by atoms with Crippen molar-refractivity contribution in [1.29, 1.82) is 0 Å². The summed E-state index contributed by atoms with van der Waals surface area (Å²) in [6, 6.07) is 6.56. The number of piperazine rings is 1. The second-order valence-electron chi connectivity index (χ2n) is 9.10. The molecule has 182 valence electrons. The third-order valence-electron chi connectivity index (χ3n) is 6.81. The minimum Gasteiger partial charge on any atom is -0.477 e. The van der Waals surface area contributed by atoms with Crippen molar-refractivity contribution in [1.82, 2.24) is 19.3 Å². The zero-order valence-corrected chi connectivity index (χ0v) is 19.7. The molecule has 3 heterocycles. The molecule has 1 amide bonds. The van der Waals surface area contributed by atoms with E-state index in [0.29, 0.717) is 40.2 Å². The first kappa shape index (κ1) is 23.0. The van der Waals surface area contributed by atoms with Crippen molar-refractivity contribution in [3.8, 4) is 5.88 Å². The van der Waals surface area contributed by atoms with Crippen LogP contribution < -0.4 is 10.5 Å². The Morgan fingerprint density at radius 3 is 2.56 bits per heavy atom. The van der Waals surface area contributed by atoms with E-state index in [1.807, 2.05) is 0 Å². The van der Waals surface area contributed by atoms with E-state index < -0.39 is 15.9 Å². The van der Waals surface area contributed by atoms with Gasteiger partial charge in [-0.1, -0.05) is 19.3 Å². The Morgan fingerprint density at radius 2 is 1.85 bits per heavy atom. The summed E-state index contributed by atoms with van der Waals surface area (Å²) < 4.78 is 33.8. The molecule has 2 fully saturated rings. The van der Waals surface area contributed by atoms with Crippen LogP contribution >= 0.6 is 0 Å². The molecule has 4 N–H and O–H groups in total. The second kappa shape index (κ2) is 9.14. The van der Waals surface area contributed by atoms with Crippen molar-refractivity contribution in [2.75, 3.05) is 32.8 Å². The number of H-pyrrole nitrogens is 1. The van der Waals surface area contributed by atoms with Gasteiger partial charge in [0.2, 0.25) is 15.9 Å². The van der Waals surface area contributed by atoms with Gasteiger partial charge in [-0.2, -0.15) is 9.37 Å². The van der Waals surface area contributed by atoms with E-state index in [0.717, 1.165) is 17.9 Å². The fraction of sp³-hybridized carbons (Fsp3) is 0.478. The summed E-state index contributed by atoms with van der Waals surface area (Å²) in [5, 5.41) is 12.0. The molecule has 0 radical (unpaired) electrons. The summed E-state index contributed by atoms with van der Waals surface area (Å²) in [7, 11) is -3.74. The molecule has 1 aromatic carbocycles. The number of nitrogens with zero attached hydrogens (tertiary/aromatic N) is 3. The van der Waals surface area contributed by atoms with Gasteiger partial charge >= 0.3 is 0 Å². The number of benzene rings is 1. The fourth-order valence-electron chi connectivity index (χ4n) is 4.89. The molecule has 2 aromatic heterocycles. The number of sulfonamides is 1. The van der Waals surface area contributed by atoms with Crippen LogP contribution in [0.15, 0.2) is 29.2 Å². The number of aromatic nitrogens is 2. The van der Waals surface area contributed by atoms with Crippen molar-refractivity contribution >= 4 is 37.7 Å². The standard InChI is InChI=1S/C23H29N5O5S/c24-23(29)22-21-18(13-20(26-22)33-14-15-4-2-1-3-5-15)17-12-16(6-7-19(17)25-21)34(31,32)28-10-8-27(30)9-11-28/h6-7,12-13,15,25,30H,1-5,8-11,14H2,(H2,24,29). The normalized spacial score (nSPS) is 19.1. The van der Waals surface area contributed by atoms with E-state index in [-0.39, 0.29) is 36.8 Å². The van der Waals surface area contributed by atoms with Crippen LogP contribution in [0.1, 0.15) is 42.6 Å². The third kappa shape index (κ3) is 4.36. The predicted octanol–water partition coefficient (Wildman–Crippen LogP) is 2.47. The number of hydrogen-bond donors (Lipinski definition) is 3. The Bertz CT molecular complexity index is 1320. The molecule has 5 rings (SSSR count). The van der Waals surface area contributed by atoms with Crippen LogP contribution in [0.4, 0.5) is 0 Å². The van der Waals surface area contributed by atoms with E-state index in [9.17, 15) is 18.4 Å². The summed E-state index contributed by atoms with van der Waals surface area (Å²) >= 11 is 0. The lowest BCUT2D eigenvalue weighted by Crippen LogP contribution is -2.47. The molecule has 0 spiro atoms. The average Bonchev–Trinajstić information content (AvgIpc) is 3.21. The summed E-state index contributed by atoms with van der Waals surface area (Å²) in [5.41, 5.74) is 6.80. The van der Waals surface area contributed by atoms with Crippen molar-refractivity contribution in [3.63, 3.8) is 0 Å². The molecule has 11 heteroatoms. The molecule has 0 unspecified atom stereocenters. The Morgan fingerprint density at radius 1 is 1.12 bits per heavy atom. The topological polar surface area (TPSA) is 142 Å². The Kier molecular flexibility index (Phi) is 6.19. The van der Waals surface area contributed by atoms with Crippen molar-refractivity contribution in [2.24, 2.45) is 11.7 Å². The van der Waals surface area contributed by atoms with E-state index in [1.165, 1.54) is 29.6 Å². The molecular formula is C23H29N5O5S. The number of nitrogens with two attached hydrogens (primary N) is 1. The van der Waals surface area contributed by atoms with Crippen LogP contribution in [-0.2, 0) is 10.0 Å². The molecule has 0 atom stereocenters. The number of ether oxygens (including phenoxy) is 1. The average molecular weight is 488 g/mol. The van der Waals surface area contributed by atoms with Crippen LogP contribution in [0.5, 0.6) is 5.88 Å². The van der Waals surface area contributed by atoms with Crippen LogP contribution in [0.2, 0.25) is 0 Å². The first-order valence-electron chi connectivity index (χ1n) is 11.7. The largest absolute Gasteiger partial charge is 0.477 e. The number of amides is 1. The van der Waals surface area contributed by atoms with Crippen molar-refractivity contribution in [2.45, 2.75) is 37.0 Å². The lowest BCUT2D eigenvalue weighted by atomic mass is 9.90. The molecule has 2 aliphatic rings. The van der Waals surface area contributed by atoms with Gasteiger partial charge in [-0.3, -0.25) is 4.79 Å². The number of carbonyl (C=O) groups is 1. The van der Waals surface area contributed by atoms with Gasteiger partial charge in [-0.15, -0.1) is 0 Å². The van der Waals surface area contributed by atoms with Gasteiger partial charge in [0.25, 0.3) is 5.91 Å². The number of hydroxylamine groups is 2. The Balaban J connectivity index is 1.53. The fourth-order valence-corrected chi connectivity index (χ4v) is 6.34. The van der Waals surface area contributed by atoms with E-state index in [2.05, 4.69) is 9.97 Å². The maximum Gasteiger partial charge on any atom is 0.269 e. The highest BCUT2D eigenvalue weighted by Crippen LogP contribution is 2.33. The minimum absolute atomic E-state index is 0.0656. The van der Waals surface area contributed by atoms with Crippen LogP contribution in [0.25, 0.3) is 21.8 Å². The molecule has 34 heavy (non-hydrogen) atoms. The zero-order chi connectivity index (χ0) is 23.9. The number of carbonyl (C=O) groups excluding carboxylic acids is 1. The number of nitrogens with one attached hydrogen (secondary N) is 1. The summed E-state index contributed by atoms with van der Waals surface area (Å²) in [4.78, 5) is 19.8. The summed E-state index contributed by atoms with van der Waals surface area (Å²) in [6.07, 6.45) is 5.87. The molecule has 1 aliphatic heterocycles. The van der Waals surface area contributed by atoms with E-state index in [1.54, 1.807) is 18.2 Å². The number of primary amides is 1. The Labute approximate surface area is 197 Å². The zero-order valence-electron chi connectivity index (χ0n) is 18.9. The van der Waals surface area contributed by atoms with Gasteiger partial charge in [0.15, 0.2) is 5.69 Å². The lowest BCUT2D eigenvalue weighted by molar-refractivity contribution is -0.108. The third-order valence-corrected chi connectivity index (χ3v) is 8.71. The highest BCUT2D eigenvalue weighted by Gasteiger charge is 2.29. The number of hydrogen-bond acceptors (Lipinski definition) is 7. The van der Waals surface area contributed by atoms with E-state index >= 15 is 0 Å². The first-order valence-corrected chi connectivity index (χ1v) is 13.1. The number of rotatable bonds is 6. The quantitative estimate of drug-likeness (QED) is 0.485. The van der Waals surface area contributed by atoms with Gasteiger partial charge in [0, 0.05) is 48.5 Å². The van der Waals surface area contributed by atoms with Crippen LogP contribution in [0.3, 0.4) is 0 Å². The monoisotopic (exact) mass is 487 g/mol. The SMILES string of the molecule is NC(=O)c1nc(OCC2CCCCC2)cc2c1[nH]c1ccc(S(=O)(=O)N3CCN(O)CC3)cc12. The molecule has 3 aromatic rings.